The van der Waals surface area contributed by atoms with Crippen molar-refractivity contribution in [2.45, 2.75) is 71.8 Å². The molecule has 1 heterocycles. The van der Waals surface area contributed by atoms with Crippen LogP contribution in [0.1, 0.15) is 66.2 Å². The third kappa shape index (κ3) is 8.34. The van der Waals surface area contributed by atoms with E-state index in [9.17, 15) is 9.59 Å². The summed E-state index contributed by atoms with van der Waals surface area (Å²) in [6.07, 6.45) is 6.59. The fourth-order valence-corrected chi connectivity index (χ4v) is 3.51. The molecule has 1 saturated heterocycles. The summed E-state index contributed by atoms with van der Waals surface area (Å²) < 4.78 is 0. The molecule has 6 heteroatoms. The van der Waals surface area contributed by atoms with Crippen molar-refractivity contribution >= 4 is 23.3 Å². The number of amides is 3. The van der Waals surface area contributed by atoms with Gasteiger partial charge in [0.2, 0.25) is 5.91 Å². The standard InChI is InChI=1S/C23H38N4O2/c1-5-6-7-8-9-10-21(28)27-17-15-26(16-18-27)20-13-11-19(12-14-20)24-22(29)25-23(2,3)4/h11-14H,5-10,15-18H2,1-4H3,(H2,24,25,29). The molecule has 0 bridgehead atoms. The maximum atomic E-state index is 12.4. The van der Waals surface area contributed by atoms with Crippen molar-refractivity contribution in [2.24, 2.45) is 0 Å². The van der Waals surface area contributed by atoms with Crippen LogP contribution in [0.3, 0.4) is 0 Å². The molecule has 0 spiro atoms. The predicted octanol–water partition coefficient (Wildman–Crippen LogP) is 4.62. The van der Waals surface area contributed by atoms with Crippen LogP contribution < -0.4 is 15.5 Å². The van der Waals surface area contributed by atoms with E-state index < -0.39 is 0 Å². The van der Waals surface area contributed by atoms with E-state index in [2.05, 4.69) is 22.5 Å². The van der Waals surface area contributed by atoms with Crippen molar-refractivity contribution < 1.29 is 9.59 Å². The van der Waals surface area contributed by atoms with Crippen LogP contribution in [-0.4, -0.2) is 48.6 Å². The molecule has 0 aliphatic carbocycles. The molecule has 29 heavy (non-hydrogen) atoms. The topological polar surface area (TPSA) is 64.7 Å². The lowest BCUT2D eigenvalue weighted by Crippen LogP contribution is -2.48. The highest BCUT2D eigenvalue weighted by Crippen LogP contribution is 2.20. The average Bonchev–Trinajstić information content (AvgIpc) is 2.67. The number of hydrogen-bond acceptors (Lipinski definition) is 3. The minimum Gasteiger partial charge on any atom is -0.368 e. The molecule has 1 aliphatic rings. The van der Waals surface area contributed by atoms with Crippen LogP contribution in [-0.2, 0) is 4.79 Å². The summed E-state index contributed by atoms with van der Waals surface area (Å²) in [6.45, 7) is 11.3. The number of carbonyl (C=O) groups is 2. The van der Waals surface area contributed by atoms with Crippen molar-refractivity contribution in [3.8, 4) is 0 Å². The van der Waals surface area contributed by atoms with E-state index in [1.54, 1.807) is 0 Å². The van der Waals surface area contributed by atoms with Gasteiger partial charge >= 0.3 is 6.03 Å². The maximum Gasteiger partial charge on any atom is 0.319 e. The lowest BCUT2D eigenvalue weighted by Gasteiger charge is -2.36. The fraction of sp³-hybridized carbons (Fsp3) is 0.652. The molecular weight excluding hydrogens is 364 g/mol. The molecule has 0 aromatic heterocycles. The monoisotopic (exact) mass is 402 g/mol. The van der Waals surface area contributed by atoms with Crippen molar-refractivity contribution in [3.63, 3.8) is 0 Å². The van der Waals surface area contributed by atoms with Crippen LogP contribution in [0.2, 0.25) is 0 Å². The lowest BCUT2D eigenvalue weighted by atomic mass is 10.1. The van der Waals surface area contributed by atoms with Gasteiger partial charge in [0, 0.05) is 49.5 Å². The van der Waals surface area contributed by atoms with Crippen LogP contribution in [0.15, 0.2) is 24.3 Å². The van der Waals surface area contributed by atoms with E-state index in [4.69, 9.17) is 0 Å². The molecule has 0 radical (unpaired) electrons. The van der Waals surface area contributed by atoms with Gasteiger partial charge in [-0.1, -0.05) is 32.6 Å². The van der Waals surface area contributed by atoms with Gasteiger partial charge in [-0.3, -0.25) is 4.79 Å². The van der Waals surface area contributed by atoms with Crippen molar-refractivity contribution in [2.75, 3.05) is 36.4 Å². The van der Waals surface area contributed by atoms with Gasteiger partial charge in [0.05, 0.1) is 0 Å². The smallest absolute Gasteiger partial charge is 0.319 e. The first-order valence-corrected chi connectivity index (χ1v) is 11.0. The molecule has 0 saturated carbocycles. The number of nitrogens with one attached hydrogen (secondary N) is 2. The summed E-state index contributed by atoms with van der Waals surface area (Å²) >= 11 is 0. The Hall–Kier alpha value is -2.24. The molecule has 1 fully saturated rings. The van der Waals surface area contributed by atoms with Crippen LogP contribution in [0.25, 0.3) is 0 Å². The number of hydrogen-bond donors (Lipinski definition) is 2. The van der Waals surface area contributed by atoms with Crippen LogP contribution in [0, 0.1) is 0 Å². The molecule has 6 nitrogen and oxygen atoms in total. The number of unbranched alkanes of at least 4 members (excludes halogenated alkanes) is 4. The van der Waals surface area contributed by atoms with Crippen molar-refractivity contribution in [1.82, 2.24) is 10.2 Å². The highest BCUT2D eigenvalue weighted by molar-refractivity contribution is 5.89. The summed E-state index contributed by atoms with van der Waals surface area (Å²) in [6, 6.07) is 7.69. The van der Waals surface area contributed by atoms with Gasteiger partial charge in [0.1, 0.15) is 0 Å². The minimum absolute atomic E-state index is 0.202. The Morgan fingerprint density at radius 1 is 0.931 bits per heavy atom. The first kappa shape index (κ1) is 23.0. The summed E-state index contributed by atoms with van der Waals surface area (Å²) in [4.78, 5) is 28.7. The molecule has 1 aliphatic heterocycles. The molecule has 162 valence electrons. The summed E-state index contributed by atoms with van der Waals surface area (Å²) in [7, 11) is 0. The Bertz CT molecular complexity index is 644. The lowest BCUT2D eigenvalue weighted by molar-refractivity contribution is -0.131. The zero-order chi connectivity index (χ0) is 21.3. The molecule has 3 amide bonds. The third-order valence-corrected chi connectivity index (χ3v) is 5.11. The zero-order valence-corrected chi connectivity index (χ0v) is 18.6. The van der Waals surface area contributed by atoms with Gasteiger partial charge in [-0.25, -0.2) is 4.79 Å². The van der Waals surface area contributed by atoms with Crippen LogP contribution in [0.5, 0.6) is 0 Å². The first-order valence-electron chi connectivity index (χ1n) is 11.0. The van der Waals surface area contributed by atoms with Gasteiger partial charge in [-0.05, 0) is 51.5 Å². The number of benzene rings is 1. The third-order valence-electron chi connectivity index (χ3n) is 5.11. The van der Waals surface area contributed by atoms with Gasteiger partial charge < -0.3 is 20.4 Å². The number of carbonyl (C=O) groups excluding carboxylic acids is 2. The molecule has 0 atom stereocenters. The second-order valence-corrected chi connectivity index (χ2v) is 8.91. The first-order chi connectivity index (χ1) is 13.8. The minimum atomic E-state index is -0.267. The Kier molecular flexibility index (Phi) is 8.80. The molecule has 2 N–H and O–H groups in total. The van der Waals surface area contributed by atoms with E-state index >= 15 is 0 Å². The number of nitrogens with zero attached hydrogens (tertiary/aromatic N) is 2. The SMILES string of the molecule is CCCCCCCC(=O)N1CCN(c2ccc(NC(=O)NC(C)(C)C)cc2)CC1. The number of piperazine rings is 1. The van der Waals surface area contributed by atoms with E-state index in [1.165, 1.54) is 19.3 Å². The van der Waals surface area contributed by atoms with Gasteiger partial charge in [0.25, 0.3) is 0 Å². The normalized spacial score (nSPS) is 14.6. The Morgan fingerprint density at radius 2 is 1.55 bits per heavy atom. The summed E-state index contributed by atoms with van der Waals surface area (Å²) in [5, 5.41) is 5.75. The van der Waals surface area contributed by atoms with Gasteiger partial charge in [-0.2, -0.15) is 0 Å². The predicted molar refractivity (Wildman–Crippen MR) is 121 cm³/mol. The van der Waals surface area contributed by atoms with Crippen LogP contribution >= 0.6 is 0 Å². The fourth-order valence-electron chi connectivity index (χ4n) is 3.51. The molecular formula is C23H38N4O2. The molecule has 1 aromatic carbocycles. The van der Waals surface area contributed by atoms with Crippen molar-refractivity contribution in [1.29, 1.82) is 0 Å². The summed E-state index contributed by atoms with van der Waals surface area (Å²) in [5.74, 6) is 0.297. The number of rotatable bonds is 8. The van der Waals surface area contributed by atoms with Gasteiger partial charge in [0.15, 0.2) is 0 Å². The van der Waals surface area contributed by atoms with Crippen molar-refractivity contribution in [3.05, 3.63) is 24.3 Å². The van der Waals surface area contributed by atoms with E-state index in [0.717, 1.165) is 50.4 Å². The highest BCUT2D eigenvalue weighted by Gasteiger charge is 2.21. The second kappa shape index (κ2) is 11.1. The van der Waals surface area contributed by atoms with Gasteiger partial charge in [-0.15, -0.1) is 0 Å². The highest BCUT2D eigenvalue weighted by atomic mass is 16.2. The van der Waals surface area contributed by atoms with E-state index in [0.29, 0.717) is 12.3 Å². The van der Waals surface area contributed by atoms with Crippen LogP contribution in [0.4, 0.5) is 16.2 Å². The Labute approximate surface area is 176 Å². The average molecular weight is 403 g/mol. The summed E-state index contributed by atoms with van der Waals surface area (Å²) in [5.41, 5.74) is 1.63. The maximum absolute atomic E-state index is 12.4. The van der Waals surface area contributed by atoms with E-state index in [1.807, 2.05) is 49.9 Å². The zero-order valence-electron chi connectivity index (χ0n) is 18.6. The molecule has 2 rings (SSSR count). The Balaban J connectivity index is 1.75. The van der Waals surface area contributed by atoms with E-state index in [-0.39, 0.29) is 11.6 Å². The number of anilines is 2. The Morgan fingerprint density at radius 3 is 2.14 bits per heavy atom. The second-order valence-electron chi connectivity index (χ2n) is 8.91. The molecule has 1 aromatic rings. The number of urea groups is 1. The largest absolute Gasteiger partial charge is 0.368 e. The molecule has 0 unspecified atom stereocenters. The quantitative estimate of drug-likeness (QED) is 0.624.